The van der Waals surface area contributed by atoms with E-state index in [2.05, 4.69) is 4.72 Å². The average Bonchev–Trinajstić information content (AvgIpc) is 2.38. The molecule has 2 aromatic carbocycles. The lowest BCUT2D eigenvalue weighted by Crippen LogP contribution is -2.14. The predicted molar refractivity (Wildman–Crippen MR) is 85.2 cm³/mol. The Labute approximate surface area is 128 Å². The second-order valence-corrected chi connectivity index (χ2v) is 7.21. The summed E-state index contributed by atoms with van der Waals surface area (Å²) in [5, 5.41) is 0.519. The van der Waals surface area contributed by atoms with Gasteiger partial charge in [0, 0.05) is 15.6 Å². The second-order valence-electron chi connectivity index (χ2n) is 4.24. The largest absolute Gasteiger partial charge is 0.280 e. The molecule has 0 aliphatic rings. The van der Waals surface area contributed by atoms with E-state index in [0.717, 1.165) is 4.90 Å². The van der Waals surface area contributed by atoms with Crippen LogP contribution in [-0.4, -0.2) is 14.7 Å². The van der Waals surface area contributed by atoms with Crippen LogP contribution >= 0.6 is 23.4 Å². The summed E-state index contributed by atoms with van der Waals surface area (Å²) in [4.78, 5) is 1.31. The summed E-state index contributed by atoms with van der Waals surface area (Å²) in [6, 6.07) is 11.9. The zero-order chi connectivity index (χ0) is 14.8. The van der Waals surface area contributed by atoms with Crippen LogP contribution in [-0.2, 0) is 10.0 Å². The minimum atomic E-state index is -3.60. The second kappa shape index (κ2) is 6.08. The fourth-order valence-electron chi connectivity index (χ4n) is 1.78. The quantitative estimate of drug-likeness (QED) is 0.857. The van der Waals surface area contributed by atoms with E-state index in [1.54, 1.807) is 43.0 Å². The number of hydrogen-bond acceptors (Lipinski definition) is 3. The van der Waals surface area contributed by atoms with Crippen molar-refractivity contribution < 1.29 is 8.42 Å². The molecule has 6 heteroatoms. The third-order valence-corrected chi connectivity index (χ3v) is 5.29. The summed E-state index contributed by atoms with van der Waals surface area (Å²) in [6.07, 6.45) is 1.97. The van der Waals surface area contributed by atoms with Crippen molar-refractivity contribution in [2.24, 2.45) is 0 Å². The van der Waals surface area contributed by atoms with Gasteiger partial charge in [-0.1, -0.05) is 11.6 Å². The van der Waals surface area contributed by atoms with Gasteiger partial charge >= 0.3 is 0 Å². The molecule has 0 bridgehead atoms. The van der Waals surface area contributed by atoms with E-state index in [4.69, 9.17) is 11.6 Å². The monoisotopic (exact) mass is 327 g/mol. The van der Waals surface area contributed by atoms with E-state index >= 15 is 0 Å². The predicted octanol–water partition coefficient (Wildman–Crippen LogP) is 4.17. The highest BCUT2D eigenvalue weighted by atomic mass is 35.5. The van der Waals surface area contributed by atoms with Gasteiger partial charge in [-0.3, -0.25) is 4.72 Å². The summed E-state index contributed by atoms with van der Waals surface area (Å²) < 4.78 is 27.2. The SMILES string of the molecule is CSc1ccc(NS(=O)(=O)c2ccc(Cl)cc2C)cc1. The van der Waals surface area contributed by atoms with Crippen LogP contribution in [0.2, 0.25) is 5.02 Å². The van der Waals surface area contributed by atoms with E-state index in [-0.39, 0.29) is 4.90 Å². The number of anilines is 1. The van der Waals surface area contributed by atoms with Gasteiger partial charge in [0.1, 0.15) is 0 Å². The summed E-state index contributed by atoms with van der Waals surface area (Å²) in [6.45, 7) is 1.72. The van der Waals surface area contributed by atoms with Crippen LogP contribution < -0.4 is 4.72 Å². The molecule has 0 unspecified atom stereocenters. The Morgan fingerprint density at radius 1 is 1.10 bits per heavy atom. The number of thioether (sulfide) groups is 1. The van der Waals surface area contributed by atoms with Gasteiger partial charge in [0.2, 0.25) is 0 Å². The number of rotatable bonds is 4. The molecule has 0 aromatic heterocycles. The normalized spacial score (nSPS) is 11.3. The lowest BCUT2D eigenvalue weighted by atomic mass is 10.2. The topological polar surface area (TPSA) is 46.2 Å². The van der Waals surface area contributed by atoms with Gasteiger partial charge in [0.05, 0.1) is 4.90 Å². The standard InChI is InChI=1S/C14H14ClNO2S2/c1-10-9-11(15)3-8-14(10)20(17,18)16-12-4-6-13(19-2)7-5-12/h3-9,16H,1-2H3. The molecular formula is C14H14ClNO2S2. The van der Waals surface area contributed by atoms with Crippen molar-refractivity contribution in [3.05, 3.63) is 53.1 Å². The summed E-state index contributed by atoms with van der Waals surface area (Å²) >= 11 is 7.45. The molecule has 106 valence electrons. The Kier molecular flexibility index (Phi) is 4.62. The van der Waals surface area contributed by atoms with Crippen LogP contribution in [0, 0.1) is 6.92 Å². The van der Waals surface area contributed by atoms with Gasteiger partial charge in [0.15, 0.2) is 0 Å². The first kappa shape index (κ1) is 15.2. The molecule has 0 aliphatic heterocycles. The molecule has 0 saturated carbocycles. The van der Waals surface area contributed by atoms with Crippen LogP contribution in [0.5, 0.6) is 0 Å². The van der Waals surface area contributed by atoms with Crippen LogP contribution in [0.3, 0.4) is 0 Å². The fourth-order valence-corrected chi connectivity index (χ4v) is 3.70. The van der Waals surface area contributed by atoms with Crippen molar-refractivity contribution in [3.8, 4) is 0 Å². The maximum atomic E-state index is 12.3. The first-order chi connectivity index (χ1) is 9.42. The van der Waals surface area contributed by atoms with Crippen LogP contribution in [0.1, 0.15) is 5.56 Å². The molecule has 0 aliphatic carbocycles. The third kappa shape index (κ3) is 3.48. The summed E-state index contributed by atoms with van der Waals surface area (Å²) in [7, 11) is -3.60. The van der Waals surface area contributed by atoms with Gasteiger partial charge in [0.25, 0.3) is 10.0 Å². The molecule has 0 atom stereocenters. The minimum absolute atomic E-state index is 0.232. The van der Waals surface area contributed by atoms with Gasteiger partial charge < -0.3 is 0 Å². The van der Waals surface area contributed by atoms with Crippen LogP contribution in [0.4, 0.5) is 5.69 Å². The first-order valence-electron chi connectivity index (χ1n) is 5.85. The van der Waals surface area contributed by atoms with Crippen molar-refractivity contribution in [3.63, 3.8) is 0 Å². The van der Waals surface area contributed by atoms with Crippen molar-refractivity contribution in [1.82, 2.24) is 0 Å². The molecule has 0 fully saturated rings. The number of benzene rings is 2. The van der Waals surface area contributed by atoms with Gasteiger partial charge in [-0.2, -0.15) is 0 Å². The molecule has 3 nitrogen and oxygen atoms in total. The van der Waals surface area contributed by atoms with Crippen molar-refractivity contribution in [2.45, 2.75) is 16.7 Å². The molecule has 0 spiro atoms. The van der Waals surface area contributed by atoms with Crippen molar-refractivity contribution >= 4 is 39.1 Å². The lowest BCUT2D eigenvalue weighted by molar-refractivity contribution is 0.600. The third-order valence-electron chi connectivity index (χ3n) is 2.77. The first-order valence-corrected chi connectivity index (χ1v) is 8.94. The Balaban J connectivity index is 2.30. The molecular weight excluding hydrogens is 314 g/mol. The summed E-state index contributed by atoms with van der Waals surface area (Å²) in [5.41, 5.74) is 1.16. The zero-order valence-electron chi connectivity index (χ0n) is 11.1. The van der Waals surface area contributed by atoms with E-state index < -0.39 is 10.0 Å². The number of aryl methyl sites for hydroxylation is 1. The van der Waals surface area contributed by atoms with E-state index in [1.807, 2.05) is 18.4 Å². The highest BCUT2D eigenvalue weighted by Crippen LogP contribution is 2.23. The van der Waals surface area contributed by atoms with E-state index in [1.165, 1.54) is 6.07 Å². The highest BCUT2D eigenvalue weighted by molar-refractivity contribution is 7.98. The van der Waals surface area contributed by atoms with E-state index in [9.17, 15) is 8.42 Å². The highest BCUT2D eigenvalue weighted by Gasteiger charge is 2.16. The van der Waals surface area contributed by atoms with Crippen molar-refractivity contribution in [2.75, 3.05) is 11.0 Å². The average molecular weight is 328 g/mol. The number of halogens is 1. The van der Waals surface area contributed by atoms with Gasteiger partial charge in [-0.25, -0.2) is 8.42 Å². The van der Waals surface area contributed by atoms with Gasteiger partial charge in [-0.05, 0) is 61.2 Å². The molecule has 0 radical (unpaired) electrons. The fraction of sp³-hybridized carbons (Fsp3) is 0.143. The Morgan fingerprint density at radius 2 is 1.75 bits per heavy atom. The number of sulfonamides is 1. The van der Waals surface area contributed by atoms with Gasteiger partial charge in [-0.15, -0.1) is 11.8 Å². The smallest absolute Gasteiger partial charge is 0.262 e. The molecule has 2 rings (SSSR count). The molecule has 0 saturated heterocycles. The lowest BCUT2D eigenvalue weighted by Gasteiger charge is -2.11. The van der Waals surface area contributed by atoms with Crippen molar-refractivity contribution in [1.29, 1.82) is 0 Å². The Bertz CT molecular complexity index is 712. The van der Waals surface area contributed by atoms with E-state index in [0.29, 0.717) is 16.3 Å². The Morgan fingerprint density at radius 3 is 2.30 bits per heavy atom. The maximum absolute atomic E-state index is 12.3. The number of hydrogen-bond donors (Lipinski definition) is 1. The summed E-state index contributed by atoms with van der Waals surface area (Å²) in [5.74, 6) is 0. The molecule has 0 heterocycles. The van der Waals surface area contributed by atoms with Crippen LogP contribution in [0.25, 0.3) is 0 Å². The molecule has 20 heavy (non-hydrogen) atoms. The maximum Gasteiger partial charge on any atom is 0.262 e. The molecule has 0 amide bonds. The minimum Gasteiger partial charge on any atom is -0.280 e. The molecule has 1 N–H and O–H groups in total. The zero-order valence-corrected chi connectivity index (χ0v) is 13.4. The number of nitrogens with one attached hydrogen (secondary N) is 1. The Hall–Kier alpha value is -1.17. The van der Waals surface area contributed by atoms with Crippen LogP contribution in [0.15, 0.2) is 52.3 Å². The molecule has 2 aromatic rings.